The van der Waals surface area contributed by atoms with Crippen LogP contribution in [0.3, 0.4) is 0 Å². The molecule has 3 N–H and O–H groups in total. The molecule has 0 spiro atoms. The van der Waals surface area contributed by atoms with Crippen molar-refractivity contribution in [2.24, 2.45) is 11.8 Å². The summed E-state index contributed by atoms with van der Waals surface area (Å²) in [6.45, 7) is 8.56. The number of aliphatic hydroxyl groups excluding tert-OH is 3. The molecule has 0 unspecified atom stereocenters. The minimum Gasteiger partial charge on any atom is -0.486 e. The summed E-state index contributed by atoms with van der Waals surface area (Å²) in [6, 6.07) is 11.7. The zero-order chi connectivity index (χ0) is 26.7. The molecule has 0 aromatic heterocycles. The highest BCUT2D eigenvalue weighted by molar-refractivity contribution is 5.72. The molecule has 0 amide bonds. The van der Waals surface area contributed by atoms with E-state index in [1.807, 2.05) is 50.2 Å². The second kappa shape index (κ2) is 11.8. The van der Waals surface area contributed by atoms with Gasteiger partial charge in [0.25, 0.3) is 0 Å². The van der Waals surface area contributed by atoms with Crippen molar-refractivity contribution in [3.8, 4) is 11.5 Å². The molecule has 2 aliphatic heterocycles. The van der Waals surface area contributed by atoms with Gasteiger partial charge in [-0.2, -0.15) is 0 Å². The van der Waals surface area contributed by atoms with Crippen LogP contribution in [0.5, 0.6) is 11.5 Å². The van der Waals surface area contributed by atoms with Crippen LogP contribution in [-0.4, -0.2) is 65.5 Å². The minimum atomic E-state index is -1.45. The number of aryl methyl sites for hydroxylation is 1. The lowest BCUT2D eigenvalue weighted by Crippen LogP contribution is -2.55. The van der Waals surface area contributed by atoms with Crippen molar-refractivity contribution in [3.63, 3.8) is 0 Å². The van der Waals surface area contributed by atoms with Crippen LogP contribution in [-0.2, 0) is 27.1 Å². The van der Waals surface area contributed by atoms with E-state index in [0.717, 1.165) is 34.6 Å². The summed E-state index contributed by atoms with van der Waals surface area (Å²) in [6.07, 6.45) is -4.59. The van der Waals surface area contributed by atoms with E-state index in [-0.39, 0.29) is 18.4 Å². The first kappa shape index (κ1) is 27.4. The fourth-order valence-electron chi connectivity index (χ4n) is 4.68. The summed E-state index contributed by atoms with van der Waals surface area (Å²) in [4.78, 5) is 12.3. The van der Waals surface area contributed by atoms with Crippen molar-refractivity contribution in [1.82, 2.24) is 0 Å². The van der Waals surface area contributed by atoms with Gasteiger partial charge >= 0.3 is 5.97 Å². The van der Waals surface area contributed by atoms with Crippen LogP contribution >= 0.6 is 0 Å². The lowest BCUT2D eigenvalue weighted by atomic mass is 9.88. The average molecular weight is 515 g/mol. The van der Waals surface area contributed by atoms with E-state index >= 15 is 0 Å². The maximum absolute atomic E-state index is 12.3. The third-order valence-electron chi connectivity index (χ3n) is 7.41. The average Bonchev–Trinajstić information content (AvgIpc) is 2.90. The summed E-state index contributed by atoms with van der Waals surface area (Å²) in [7, 11) is 0. The Hall–Kier alpha value is -2.65. The van der Waals surface area contributed by atoms with Gasteiger partial charge < -0.3 is 34.3 Å². The second-order valence-corrected chi connectivity index (χ2v) is 10.3. The van der Waals surface area contributed by atoms with Crippen molar-refractivity contribution in [2.45, 2.75) is 71.1 Å². The van der Waals surface area contributed by atoms with Crippen molar-refractivity contribution in [3.05, 3.63) is 58.7 Å². The predicted molar refractivity (Wildman–Crippen MR) is 137 cm³/mol. The molecule has 1 saturated heterocycles. The molecule has 0 bridgehead atoms. The van der Waals surface area contributed by atoms with E-state index in [0.29, 0.717) is 25.2 Å². The number of ether oxygens (including phenoxy) is 4. The molecule has 202 valence electrons. The Bertz CT molecular complexity index is 1080. The number of esters is 1. The molecular weight excluding hydrogens is 476 g/mol. The van der Waals surface area contributed by atoms with Crippen LogP contribution in [0.1, 0.15) is 56.1 Å². The maximum Gasteiger partial charge on any atom is 0.309 e. The topological polar surface area (TPSA) is 115 Å². The van der Waals surface area contributed by atoms with E-state index in [1.54, 1.807) is 6.92 Å². The van der Waals surface area contributed by atoms with Crippen molar-refractivity contribution >= 4 is 5.97 Å². The molecule has 0 radical (unpaired) electrons. The van der Waals surface area contributed by atoms with Crippen molar-refractivity contribution < 1.29 is 39.1 Å². The first-order chi connectivity index (χ1) is 17.7. The van der Waals surface area contributed by atoms with E-state index in [4.69, 9.17) is 18.9 Å². The Morgan fingerprint density at radius 1 is 0.946 bits per heavy atom. The molecule has 0 saturated carbocycles. The molecule has 8 heteroatoms. The second-order valence-electron chi connectivity index (χ2n) is 10.3. The van der Waals surface area contributed by atoms with Gasteiger partial charge in [0.15, 0.2) is 11.5 Å². The highest BCUT2D eigenvalue weighted by Gasteiger charge is 2.45. The minimum absolute atomic E-state index is 0.106. The van der Waals surface area contributed by atoms with Gasteiger partial charge in [-0.3, -0.25) is 4.79 Å². The third kappa shape index (κ3) is 6.09. The van der Waals surface area contributed by atoms with Gasteiger partial charge in [-0.05, 0) is 53.1 Å². The summed E-state index contributed by atoms with van der Waals surface area (Å²) in [5.41, 5.74) is 3.94. The van der Waals surface area contributed by atoms with Gasteiger partial charge in [0.1, 0.15) is 50.3 Å². The number of hydrogen-bond donors (Lipinski definition) is 3. The molecule has 2 aromatic carbocycles. The molecular formula is C29H38O8. The predicted octanol–water partition coefficient (Wildman–Crippen LogP) is 2.97. The quantitative estimate of drug-likeness (QED) is 0.461. The number of fused-ring (bicyclic) bond motifs is 1. The van der Waals surface area contributed by atoms with Gasteiger partial charge in [0, 0.05) is 0 Å². The monoisotopic (exact) mass is 514 g/mol. The molecule has 1 fully saturated rings. The SMILES string of the molecule is CCc1ccc([C@@H]2O[C@H](COC(=O)[C@H](C)C(C)C)[C@@H](O)[C@H](O)[C@H]2O)cc1Cc1ccc2c(c1)OCCO2. The number of carbonyl (C=O) groups is 1. The highest BCUT2D eigenvalue weighted by Crippen LogP contribution is 2.35. The van der Waals surface area contributed by atoms with Crippen LogP contribution in [0.2, 0.25) is 0 Å². The highest BCUT2D eigenvalue weighted by atomic mass is 16.6. The largest absolute Gasteiger partial charge is 0.486 e. The van der Waals surface area contributed by atoms with Crippen LogP contribution in [0.4, 0.5) is 0 Å². The smallest absolute Gasteiger partial charge is 0.309 e. The van der Waals surface area contributed by atoms with Gasteiger partial charge in [-0.15, -0.1) is 0 Å². The summed E-state index contributed by atoms with van der Waals surface area (Å²) in [5, 5.41) is 31.9. The van der Waals surface area contributed by atoms with Gasteiger partial charge in [-0.25, -0.2) is 0 Å². The Morgan fingerprint density at radius 2 is 1.68 bits per heavy atom. The zero-order valence-corrected chi connectivity index (χ0v) is 21.9. The van der Waals surface area contributed by atoms with Gasteiger partial charge in [0.2, 0.25) is 0 Å². The van der Waals surface area contributed by atoms with Crippen LogP contribution in [0, 0.1) is 11.8 Å². The molecule has 6 atom stereocenters. The Labute approximate surface area is 218 Å². The van der Waals surface area contributed by atoms with Crippen LogP contribution in [0.25, 0.3) is 0 Å². The van der Waals surface area contributed by atoms with Crippen molar-refractivity contribution in [1.29, 1.82) is 0 Å². The fraction of sp³-hybridized carbons (Fsp3) is 0.552. The zero-order valence-electron chi connectivity index (χ0n) is 21.9. The molecule has 2 aliphatic rings. The molecule has 4 rings (SSSR count). The Morgan fingerprint density at radius 3 is 2.38 bits per heavy atom. The van der Waals surface area contributed by atoms with E-state index in [2.05, 4.69) is 6.92 Å². The number of benzene rings is 2. The lowest BCUT2D eigenvalue weighted by molar-refractivity contribution is -0.235. The van der Waals surface area contributed by atoms with Gasteiger partial charge in [-0.1, -0.05) is 52.0 Å². The van der Waals surface area contributed by atoms with E-state index in [1.165, 1.54) is 0 Å². The van der Waals surface area contributed by atoms with Crippen molar-refractivity contribution in [2.75, 3.05) is 19.8 Å². The standard InChI is InChI=1S/C29H38O8/c1-5-19-7-8-20(14-21(19)12-18-6-9-22-23(13-18)35-11-10-34-22)28-27(32)26(31)25(30)24(37-28)15-36-29(33)17(4)16(2)3/h6-9,13-14,16-17,24-28,30-32H,5,10-12,15H2,1-4H3/t17-,24-,25-,26+,27-,28+/m1/s1. The molecule has 2 aromatic rings. The number of carbonyl (C=O) groups excluding carboxylic acids is 1. The molecule has 2 heterocycles. The molecule has 8 nitrogen and oxygen atoms in total. The first-order valence-corrected chi connectivity index (χ1v) is 13.1. The summed E-state index contributed by atoms with van der Waals surface area (Å²) >= 11 is 0. The number of aliphatic hydroxyl groups is 3. The Kier molecular flexibility index (Phi) is 8.75. The Balaban J connectivity index is 1.54. The molecule has 0 aliphatic carbocycles. The maximum atomic E-state index is 12.3. The van der Waals surface area contributed by atoms with Gasteiger partial charge in [0.05, 0.1) is 5.92 Å². The first-order valence-electron chi connectivity index (χ1n) is 13.1. The lowest BCUT2D eigenvalue weighted by Gasteiger charge is -2.40. The normalized spacial score (nSPS) is 26.1. The number of hydrogen-bond acceptors (Lipinski definition) is 8. The number of rotatable bonds is 8. The summed E-state index contributed by atoms with van der Waals surface area (Å²) < 4.78 is 22.8. The third-order valence-corrected chi connectivity index (χ3v) is 7.41. The fourth-order valence-corrected chi connectivity index (χ4v) is 4.68. The van der Waals surface area contributed by atoms with Crippen LogP contribution in [0.15, 0.2) is 36.4 Å². The van der Waals surface area contributed by atoms with E-state index < -0.39 is 36.5 Å². The van der Waals surface area contributed by atoms with Crippen LogP contribution < -0.4 is 9.47 Å². The van der Waals surface area contributed by atoms with E-state index in [9.17, 15) is 20.1 Å². The molecule has 37 heavy (non-hydrogen) atoms. The summed E-state index contributed by atoms with van der Waals surface area (Å²) in [5.74, 6) is 0.869.